The summed E-state index contributed by atoms with van der Waals surface area (Å²) >= 11 is 1.22. The third-order valence-electron chi connectivity index (χ3n) is 4.21. The van der Waals surface area contributed by atoms with Crippen LogP contribution in [0.5, 0.6) is 5.75 Å². The van der Waals surface area contributed by atoms with E-state index >= 15 is 0 Å². The highest BCUT2D eigenvalue weighted by Gasteiger charge is 2.17. The molecule has 0 aliphatic heterocycles. The number of methoxy groups -OCH3 is 1. The van der Waals surface area contributed by atoms with Crippen LogP contribution in [0.25, 0.3) is 0 Å². The van der Waals surface area contributed by atoms with Crippen LogP contribution in [0.2, 0.25) is 0 Å². The molecule has 0 saturated heterocycles. The molecule has 0 atom stereocenters. The van der Waals surface area contributed by atoms with Gasteiger partial charge in [-0.05, 0) is 50.2 Å². The van der Waals surface area contributed by atoms with Crippen LogP contribution in [0, 0.1) is 13.8 Å². The maximum absolute atomic E-state index is 12.4. The van der Waals surface area contributed by atoms with Gasteiger partial charge in [0.2, 0.25) is 0 Å². The fourth-order valence-corrected chi connectivity index (χ4v) is 3.58. The van der Waals surface area contributed by atoms with E-state index in [9.17, 15) is 14.4 Å². The van der Waals surface area contributed by atoms with E-state index in [2.05, 4.69) is 15.6 Å². The third-order valence-corrected chi connectivity index (χ3v) is 5.26. The summed E-state index contributed by atoms with van der Waals surface area (Å²) in [5.74, 6) is -0.829. The third kappa shape index (κ3) is 5.67. The Morgan fingerprint density at radius 3 is 2.35 bits per heavy atom. The van der Waals surface area contributed by atoms with Gasteiger partial charge in [0.1, 0.15) is 10.6 Å². The van der Waals surface area contributed by atoms with Gasteiger partial charge in [0.15, 0.2) is 6.61 Å². The minimum absolute atomic E-state index is 0.313. The van der Waals surface area contributed by atoms with Crippen molar-refractivity contribution >= 4 is 40.5 Å². The van der Waals surface area contributed by atoms with Gasteiger partial charge in [0.05, 0.1) is 23.5 Å². The first-order valence-electron chi connectivity index (χ1n) is 9.33. The number of carbonyl (C=O) groups is 3. The number of esters is 1. The molecule has 0 unspecified atom stereocenters. The number of hydrogen-bond donors (Lipinski definition) is 2. The van der Waals surface area contributed by atoms with Crippen molar-refractivity contribution in [2.45, 2.75) is 13.8 Å². The molecule has 0 bridgehead atoms. The van der Waals surface area contributed by atoms with Crippen LogP contribution < -0.4 is 15.4 Å². The van der Waals surface area contributed by atoms with Crippen molar-refractivity contribution in [2.24, 2.45) is 0 Å². The van der Waals surface area contributed by atoms with Gasteiger partial charge in [0, 0.05) is 11.3 Å². The second-order valence-corrected chi connectivity index (χ2v) is 7.71. The second kappa shape index (κ2) is 9.86. The summed E-state index contributed by atoms with van der Waals surface area (Å²) in [4.78, 5) is 41.1. The molecule has 0 radical (unpaired) electrons. The van der Waals surface area contributed by atoms with Crippen molar-refractivity contribution in [3.05, 3.63) is 69.7 Å². The highest BCUT2D eigenvalue weighted by atomic mass is 32.1. The van der Waals surface area contributed by atoms with E-state index in [0.717, 1.165) is 5.01 Å². The zero-order valence-electron chi connectivity index (χ0n) is 17.2. The maximum Gasteiger partial charge on any atom is 0.350 e. The fraction of sp³-hybridized carbons (Fsp3) is 0.182. The van der Waals surface area contributed by atoms with Gasteiger partial charge in [-0.1, -0.05) is 12.1 Å². The predicted octanol–water partition coefficient (Wildman–Crippen LogP) is 3.82. The normalized spacial score (nSPS) is 10.3. The highest BCUT2D eigenvalue weighted by molar-refractivity contribution is 7.13. The summed E-state index contributed by atoms with van der Waals surface area (Å²) in [7, 11) is 1.53. The van der Waals surface area contributed by atoms with Crippen LogP contribution in [0.1, 0.15) is 30.7 Å². The largest absolute Gasteiger partial charge is 0.495 e. The summed E-state index contributed by atoms with van der Waals surface area (Å²) in [6, 6.07) is 13.4. The number of aryl methyl sites for hydroxylation is 2. The number of aromatic nitrogens is 1. The lowest BCUT2D eigenvalue weighted by atomic mass is 10.2. The Balaban J connectivity index is 1.53. The Bertz CT molecular complexity index is 1110. The lowest BCUT2D eigenvalue weighted by Gasteiger charge is -2.10. The number of ether oxygens (including phenoxy) is 2. The van der Waals surface area contributed by atoms with Crippen LogP contribution in [-0.2, 0) is 9.53 Å². The molecule has 3 aromatic rings. The smallest absolute Gasteiger partial charge is 0.350 e. The van der Waals surface area contributed by atoms with Gasteiger partial charge in [-0.15, -0.1) is 11.3 Å². The van der Waals surface area contributed by atoms with Crippen LogP contribution in [-0.4, -0.2) is 36.5 Å². The quantitative estimate of drug-likeness (QED) is 0.542. The first-order chi connectivity index (χ1) is 14.9. The Morgan fingerprint density at radius 1 is 1.00 bits per heavy atom. The molecule has 1 aromatic heterocycles. The van der Waals surface area contributed by atoms with E-state index in [1.165, 1.54) is 18.4 Å². The first-order valence-corrected chi connectivity index (χ1v) is 10.1. The number of benzene rings is 2. The van der Waals surface area contributed by atoms with Gasteiger partial charge in [0.25, 0.3) is 11.8 Å². The minimum Gasteiger partial charge on any atom is -0.495 e. The second-order valence-electron chi connectivity index (χ2n) is 6.50. The molecule has 0 fully saturated rings. The molecule has 2 N–H and O–H groups in total. The van der Waals surface area contributed by atoms with E-state index in [4.69, 9.17) is 9.47 Å². The van der Waals surface area contributed by atoms with Crippen molar-refractivity contribution in [1.82, 2.24) is 4.98 Å². The first kappa shape index (κ1) is 22.0. The zero-order valence-corrected chi connectivity index (χ0v) is 18.0. The Kier molecular flexibility index (Phi) is 6.99. The molecule has 3 rings (SSSR count). The number of nitrogens with zero attached hydrogens (tertiary/aromatic N) is 1. The number of para-hydroxylation sites is 2. The summed E-state index contributed by atoms with van der Waals surface area (Å²) in [5, 5.41) is 6.16. The van der Waals surface area contributed by atoms with Gasteiger partial charge in [-0.2, -0.15) is 0 Å². The van der Waals surface area contributed by atoms with Crippen LogP contribution in [0.3, 0.4) is 0 Å². The molecule has 0 saturated carbocycles. The minimum atomic E-state index is -0.582. The molecule has 2 amide bonds. The summed E-state index contributed by atoms with van der Waals surface area (Å²) in [5.41, 5.74) is 2.02. The summed E-state index contributed by atoms with van der Waals surface area (Å²) < 4.78 is 10.3. The standard InChI is InChI=1S/C22H21N3O5S/c1-13-20(31-14(2)23-13)22(28)30-12-19(26)24-16-10-8-15(9-11-16)21(27)25-17-6-4-5-7-18(17)29-3/h4-11H,12H2,1-3H3,(H,24,26)(H,25,27). The van der Waals surface area contributed by atoms with Crippen LogP contribution in [0.15, 0.2) is 48.5 Å². The molecular weight excluding hydrogens is 418 g/mol. The van der Waals surface area contributed by atoms with Crippen LogP contribution in [0.4, 0.5) is 11.4 Å². The summed E-state index contributed by atoms with van der Waals surface area (Å²) in [6.07, 6.45) is 0. The Morgan fingerprint density at radius 2 is 1.71 bits per heavy atom. The van der Waals surface area contributed by atoms with Crippen molar-refractivity contribution in [3.63, 3.8) is 0 Å². The van der Waals surface area contributed by atoms with Crippen molar-refractivity contribution in [2.75, 3.05) is 24.4 Å². The molecule has 1 heterocycles. The molecule has 0 spiro atoms. The number of anilines is 2. The topological polar surface area (TPSA) is 107 Å². The average Bonchev–Trinajstić information content (AvgIpc) is 3.11. The molecular formula is C22H21N3O5S. The van der Waals surface area contributed by atoms with Crippen molar-refractivity contribution < 1.29 is 23.9 Å². The van der Waals surface area contributed by atoms with Crippen molar-refractivity contribution in [3.8, 4) is 5.75 Å². The summed E-state index contributed by atoms with van der Waals surface area (Å²) in [6.45, 7) is 3.08. The van der Waals surface area contributed by atoms with Gasteiger partial charge in [-0.3, -0.25) is 9.59 Å². The van der Waals surface area contributed by atoms with Crippen LogP contribution >= 0.6 is 11.3 Å². The highest BCUT2D eigenvalue weighted by Crippen LogP contribution is 2.24. The van der Waals surface area contributed by atoms with E-state index in [-0.39, 0.29) is 5.91 Å². The molecule has 31 heavy (non-hydrogen) atoms. The lowest BCUT2D eigenvalue weighted by molar-refractivity contribution is -0.119. The van der Waals surface area contributed by atoms with Gasteiger partial charge in [-0.25, -0.2) is 9.78 Å². The van der Waals surface area contributed by atoms with Gasteiger partial charge < -0.3 is 20.1 Å². The number of hydrogen-bond acceptors (Lipinski definition) is 7. The molecule has 0 aliphatic rings. The molecule has 160 valence electrons. The molecule has 0 aliphatic carbocycles. The number of rotatable bonds is 7. The van der Waals surface area contributed by atoms with E-state index < -0.39 is 18.5 Å². The SMILES string of the molecule is COc1ccccc1NC(=O)c1ccc(NC(=O)COC(=O)c2sc(C)nc2C)cc1. The number of nitrogens with one attached hydrogen (secondary N) is 2. The number of thiazole rings is 1. The number of amides is 2. The lowest BCUT2D eigenvalue weighted by Crippen LogP contribution is -2.21. The molecule has 2 aromatic carbocycles. The maximum atomic E-state index is 12.4. The van der Waals surface area contributed by atoms with Gasteiger partial charge >= 0.3 is 5.97 Å². The molecule has 8 nitrogen and oxygen atoms in total. The number of carbonyl (C=O) groups excluding carboxylic acids is 3. The van der Waals surface area contributed by atoms with E-state index in [0.29, 0.717) is 33.3 Å². The fourth-order valence-electron chi connectivity index (χ4n) is 2.76. The van der Waals surface area contributed by atoms with E-state index in [1.807, 2.05) is 6.07 Å². The molecule has 9 heteroatoms. The zero-order chi connectivity index (χ0) is 22.4. The average molecular weight is 439 g/mol. The Labute approximate surface area is 183 Å². The Hall–Kier alpha value is -3.72. The predicted molar refractivity (Wildman–Crippen MR) is 118 cm³/mol. The monoisotopic (exact) mass is 439 g/mol. The van der Waals surface area contributed by atoms with Crippen molar-refractivity contribution in [1.29, 1.82) is 0 Å². The van der Waals surface area contributed by atoms with E-state index in [1.54, 1.807) is 56.3 Å².